The molecule has 0 spiro atoms. The van der Waals surface area contributed by atoms with E-state index < -0.39 is 29.6 Å². The first-order chi connectivity index (χ1) is 16.3. The summed E-state index contributed by atoms with van der Waals surface area (Å²) in [4.78, 5) is 28.0. The van der Waals surface area contributed by atoms with Crippen molar-refractivity contribution in [2.45, 2.75) is 12.5 Å². The molecule has 3 aromatic rings. The van der Waals surface area contributed by atoms with Crippen LogP contribution < -0.4 is 5.01 Å². The van der Waals surface area contributed by atoms with Crippen molar-refractivity contribution in [2.24, 2.45) is 11.0 Å². The zero-order valence-corrected chi connectivity index (χ0v) is 18.4. The number of anilines is 1. The molecule has 5 rings (SSSR count). The second-order valence-electron chi connectivity index (χ2n) is 8.07. The number of likely N-dealkylation sites (tertiary alicyclic amines) is 1. The molecule has 1 saturated heterocycles. The zero-order valence-electron chi connectivity index (χ0n) is 17.7. The highest BCUT2D eigenvalue weighted by Gasteiger charge is 2.57. The molecule has 2 aliphatic rings. The predicted molar refractivity (Wildman–Crippen MR) is 123 cm³/mol. The molecule has 2 heterocycles. The van der Waals surface area contributed by atoms with Gasteiger partial charge in [-0.25, -0.2) is 8.78 Å². The molecule has 0 aromatic heterocycles. The third-order valence-corrected chi connectivity index (χ3v) is 6.34. The Labute approximate surface area is 198 Å². The Hall–Kier alpha value is -3.78. The van der Waals surface area contributed by atoms with E-state index in [-0.39, 0.29) is 34.4 Å². The Bertz CT molecular complexity index is 1310. The van der Waals surface area contributed by atoms with E-state index in [0.29, 0.717) is 12.1 Å². The average molecular weight is 482 g/mol. The molecule has 34 heavy (non-hydrogen) atoms. The quantitative estimate of drug-likeness (QED) is 0.556. The van der Waals surface area contributed by atoms with Gasteiger partial charge in [0.15, 0.2) is 0 Å². The van der Waals surface area contributed by atoms with Gasteiger partial charge in [0.25, 0.3) is 5.91 Å². The molecule has 0 bridgehead atoms. The summed E-state index contributed by atoms with van der Waals surface area (Å²) in [6.07, 6.45) is 0.350. The standard InChI is InChI=1S/C25H18ClF2N3O3/c26-19-3-1-2-18(23(19)32)21-20-22(31(29-21)17-10-8-16(28)9-11-17)25(34)30(24(20)33)13-12-14-4-6-15(27)7-5-14/h1-11,20,22,32H,12-13H2. The van der Waals surface area contributed by atoms with Crippen LogP contribution in [0.5, 0.6) is 5.75 Å². The van der Waals surface area contributed by atoms with E-state index >= 15 is 0 Å². The minimum Gasteiger partial charge on any atom is -0.506 e. The number of para-hydroxylation sites is 1. The number of carbonyl (C=O) groups excluding carboxylic acids is 2. The number of phenols is 1. The van der Waals surface area contributed by atoms with Crippen molar-refractivity contribution in [3.05, 3.63) is 94.5 Å². The van der Waals surface area contributed by atoms with Gasteiger partial charge in [0.2, 0.25) is 5.91 Å². The highest BCUT2D eigenvalue weighted by atomic mass is 35.5. The molecule has 9 heteroatoms. The van der Waals surface area contributed by atoms with Crippen LogP contribution in [0.25, 0.3) is 0 Å². The first-order valence-electron chi connectivity index (χ1n) is 10.6. The van der Waals surface area contributed by atoms with Gasteiger partial charge in [0.1, 0.15) is 29.3 Å². The minimum absolute atomic E-state index is 0.0851. The number of nitrogens with zero attached hydrogens (tertiary/aromatic N) is 3. The zero-order chi connectivity index (χ0) is 24.0. The highest BCUT2D eigenvalue weighted by molar-refractivity contribution is 6.33. The average Bonchev–Trinajstić information content (AvgIpc) is 3.33. The van der Waals surface area contributed by atoms with Gasteiger partial charge in [-0.1, -0.05) is 29.8 Å². The molecule has 2 amide bonds. The van der Waals surface area contributed by atoms with Gasteiger partial charge in [-0.05, 0) is 60.5 Å². The number of rotatable bonds is 5. The first-order valence-corrected chi connectivity index (χ1v) is 10.9. The summed E-state index contributed by atoms with van der Waals surface area (Å²) < 4.78 is 26.7. The van der Waals surface area contributed by atoms with Crippen molar-refractivity contribution in [3.63, 3.8) is 0 Å². The van der Waals surface area contributed by atoms with E-state index in [1.54, 1.807) is 24.3 Å². The summed E-state index contributed by atoms with van der Waals surface area (Å²) >= 11 is 6.08. The minimum atomic E-state index is -0.987. The third-order valence-electron chi connectivity index (χ3n) is 6.03. The van der Waals surface area contributed by atoms with E-state index in [1.165, 1.54) is 47.5 Å². The van der Waals surface area contributed by atoms with Gasteiger partial charge < -0.3 is 5.11 Å². The Morgan fingerprint density at radius 2 is 1.56 bits per heavy atom. The Morgan fingerprint density at radius 3 is 2.24 bits per heavy atom. The van der Waals surface area contributed by atoms with Gasteiger partial charge in [0.05, 0.1) is 16.4 Å². The summed E-state index contributed by atoms with van der Waals surface area (Å²) in [6, 6.07) is 15.0. The molecule has 2 atom stereocenters. The summed E-state index contributed by atoms with van der Waals surface area (Å²) in [6.45, 7) is 0.0996. The first kappa shape index (κ1) is 22.0. The van der Waals surface area contributed by atoms with Gasteiger partial charge in [-0.2, -0.15) is 5.10 Å². The number of benzene rings is 3. The van der Waals surface area contributed by atoms with Gasteiger partial charge in [0, 0.05) is 12.1 Å². The Morgan fingerprint density at radius 1 is 0.912 bits per heavy atom. The number of aromatic hydroxyl groups is 1. The van der Waals surface area contributed by atoms with Crippen LogP contribution in [0.2, 0.25) is 5.02 Å². The number of phenolic OH excluding ortho intramolecular Hbond substituents is 1. The van der Waals surface area contributed by atoms with Crippen molar-refractivity contribution < 1.29 is 23.5 Å². The number of fused-ring (bicyclic) bond motifs is 1. The summed E-state index contributed by atoms with van der Waals surface area (Å²) in [5, 5.41) is 16.5. The molecule has 2 aliphatic heterocycles. The maximum atomic E-state index is 13.5. The Kier molecular flexibility index (Phi) is 5.53. The third kappa shape index (κ3) is 3.70. The van der Waals surface area contributed by atoms with Crippen molar-refractivity contribution in [2.75, 3.05) is 11.6 Å². The van der Waals surface area contributed by atoms with Gasteiger partial charge >= 0.3 is 0 Å². The molecule has 1 fully saturated rings. The van der Waals surface area contributed by atoms with Crippen molar-refractivity contribution in [1.29, 1.82) is 0 Å². The molecular formula is C25H18ClF2N3O3. The van der Waals surface area contributed by atoms with Crippen molar-refractivity contribution in [1.82, 2.24) is 4.90 Å². The maximum Gasteiger partial charge on any atom is 0.255 e. The molecule has 0 saturated carbocycles. The smallest absolute Gasteiger partial charge is 0.255 e. The fourth-order valence-electron chi connectivity index (χ4n) is 4.33. The van der Waals surface area contributed by atoms with Crippen LogP contribution >= 0.6 is 11.6 Å². The second-order valence-corrected chi connectivity index (χ2v) is 8.48. The summed E-state index contributed by atoms with van der Waals surface area (Å²) in [5.74, 6) is -2.96. The number of amides is 2. The van der Waals surface area contributed by atoms with Crippen LogP contribution in [-0.2, 0) is 16.0 Å². The van der Waals surface area contributed by atoms with Gasteiger partial charge in [-0.3, -0.25) is 19.5 Å². The van der Waals surface area contributed by atoms with E-state index in [1.807, 2.05) is 0 Å². The van der Waals surface area contributed by atoms with Crippen LogP contribution in [0.4, 0.5) is 14.5 Å². The lowest BCUT2D eigenvalue weighted by molar-refractivity contribution is -0.139. The van der Waals surface area contributed by atoms with Crippen LogP contribution in [0.3, 0.4) is 0 Å². The lowest BCUT2D eigenvalue weighted by Crippen LogP contribution is -2.39. The maximum absolute atomic E-state index is 13.5. The monoisotopic (exact) mass is 481 g/mol. The Balaban J connectivity index is 1.52. The fourth-order valence-corrected chi connectivity index (χ4v) is 4.51. The van der Waals surface area contributed by atoms with Crippen molar-refractivity contribution >= 4 is 34.8 Å². The molecule has 6 nitrogen and oxygen atoms in total. The number of hydrogen-bond acceptors (Lipinski definition) is 5. The van der Waals surface area contributed by atoms with E-state index in [9.17, 15) is 23.5 Å². The number of hydrogen-bond donors (Lipinski definition) is 1. The molecule has 3 aromatic carbocycles. The number of imide groups is 1. The van der Waals surface area contributed by atoms with Crippen LogP contribution in [-0.4, -0.2) is 40.1 Å². The van der Waals surface area contributed by atoms with Crippen LogP contribution in [0.1, 0.15) is 11.1 Å². The van der Waals surface area contributed by atoms with Crippen LogP contribution in [0.15, 0.2) is 71.8 Å². The lowest BCUT2D eigenvalue weighted by Gasteiger charge is -2.22. The SMILES string of the molecule is O=C1C2C(c3cccc(Cl)c3O)=NN(c3ccc(F)cc3)C2C(=O)N1CCc1ccc(F)cc1. The normalized spacial score (nSPS) is 19.6. The second kappa shape index (κ2) is 8.53. The predicted octanol–water partition coefficient (Wildman–Crippen LogP) is 4.14. The summed E-state index contributed by atoms with van der Waals surface area (Å²) in [7, 11) is 0. The molecule has 2 unspecified atom stereocenters. The number of halogens is 3. The van der Waals surface area contributed by atoms with E-state index in [0.717, 1.165) is 10.5 Å². The molecule has 0 radical (unpaired) electrons. The van der Waals surface area contributed by atoms with Crippen LogP contribution in [0, 0.1) is 17.6 Å². The van der Waals surface area contributed by atoms with E-state index in [2.05, 4.69) is 5.10 Å². The fraction of sp³-hybridized carbons (Fsp3) is 0.160. The topological polar surface area (TPSA) is 73.2 Å². The molecule has 0 aliphatic carbocycles. The molecule has 172 valence electrons. The van der Waals surface area contributed by atoms with E-state index in [4.69, 9.17) is 11.6 Å². The number of carbonyl (C=O) groups is 2. The molecule has 1 N–H and O–H groups in total. The highest BCUT2D eigenvalue weighted by Crippen LogP contribution is 2.40. The lowest BCUT2D eigenvalue weighted by atomic mass is 9.92. The number of hydrazone groups is 1. The molecular weight excluding hydrogens is 464 g/mol. The van der Waals surface area contributed by atoms with Gasteiger partial charge in [-0.15, -0.1) is 0 Å². The summed E-state index contributed by atoms with van der Waals surface area (Å²) in [5.41, 5.74) is 1.65. The van der Waals surface area contributed by atoms with Crippen molar-refractivity contribution in [3.8, 4) is 5.75 Å². The largest absolute Gasteiger partial charge is 0.506 e.